The number of amides is 1. The number of thioether (sulfide) groups is 1. The van der Waals surface area contributed by atoms with Crippen molar-refractivity contribution in [3.05, 3.63) is 77.9 Å². The number of nitrogens with zero attached hydrogens (tertiary/aromatic N) is 3. The Hall–Kier alpha value is -3.39. The second-order valence-corrected chi connectivity index (χ2v) is 7.91. The van der Waals surface area contributed by atoms with E-state index in [1.807, 2.05) is 37.3 Å². The van der Waals surface area contributed by atoms with E-state index in [2.05, 4.69) is 15.4 Å². The van der Waals surface area contributed by atoms with Crippen LogP contribution in [0.25, 0.3) is 16.8 Å². The van der Waals surface area contributed by atoms with Gasteiger partial charge in [-0.2, -0.15) is 5.10 Å². The Morgan fingerprint density at radius 3 is 2.71 bits per heavy atom. The zero-order valence-electron chi connectivity index (χ0n) is 17.1. The molecule has 4 rings (SSSR count). The number of nitrogens with one attached hydrogen (secondary N) is 1. The fraction of sp³-hybridized carbons (Fsp3) is 0.174. The minimum atomic E-state index is -0.329. The maximum atomic E-state index is 13.7. The number of methoxy groups -OCH3 is 1. The smallest absolute Gasteiger partial charge is 0.230 e. The van der Waals surface area contributed by atoms with E-state index in [4.69, 9.17) is 4.74 Å². The zero-order valence-corrected chi connectivity index (χ0v) is 17.9. The molecule has 4 aromatic rings. The fourth-order valence-corrected chi connectivity index (χ4v) is 4.04. The Morgan fingerprint density at radius 2 is 1.97 bits per heavy atom. The van der Waals surface area contributed by atoms with Crippen LogP contribution in [-0.2, 0) is 11.3 Å². The molecule has 0 aliphatic rings. The third kappa shape index (κ3) is 4.69. The molecule has 31 heavy (non-hydrogen) atoms. The van der Waals surface area contributed by atoms with Gasteiger partial charge in [0, 0.05) is 23.4 Å². The lowest BCUT2D eigenvalue weighted by Gasteiger charge is -2.08. The molecule has 0 bridgehead atoms. The highest BCUT2D eigenvalue weighted by Crippen LogP contribution is 2.28. The van der Waals surface area contributed by atoms with Crippen LogP contribution in [0.2, 0.25) is 0 Å². The van der Waals surface area contributed by atoms with E-state index in [-0.39, 0.29) is 24.0 Å². The molecule has 0 fully saturated rings. The van der Waals surface area contributed by atoms with Crippen LogP contribution in [-0.4, -0.2) is 33.4 Å². The number of aromatic nitrogens is 3. The van der Waals surface area contributed by atoms with Gasteiger partial charge < -0.3 is 10.1 Å². The molecule has 0 saturated carbocycles. The molecule has 2 heterocycles. The molecule has 8 heteroatoms. The first-order valence-corrected chi connectivity index (χ1v) is 10.7. The van der Waals surface area contributed by atoms with Crippen molar-refractivity contribution in [1.29, 1.82) is 0 Å². The Bertz CT molecular complexity index is 1220. The predicted octanol–water partition coefficient (Wildman–Crippen LogP) is 4.26. The molecule has 0 saturated heterocycles. The molecule has 2 aromatic carbocycles. The summed E-state index contributed by atoms with van der Waals surface area (Å²) in [6.45, 7) is 2.06. The number of hydrogen-bond donors (Lipinski definition) is 1. The van der Waals surface area contributed by atoms with E-state index in [1.165, 1.54) is 17.8 Å². The molecule has 1 N–H and O–H groups in total. The van der Waals surface area contributed by atoms with Gasteiger partial charge in [0.1, 0.15) is 16.6 Å². The first kappa shape index (κ1) is 20.9. The van der Waals surface area contributed by atoms with E-state index in [0.29, 0.717) is 5.56 Å². The number of aryl methyl sites for hydroxylation is 1. The van der Waals surface area contributed by atoms with Crippen LogP contribution in [0, 0.1) is 12.7 Å². The Labute approximate surface area is 183 Å². The minimum Gasteiger partial charge on any atom is -0.497 e. The molecule has 0 aliphatic carbocycles. The lowest BCUT2D eigenvalue weighted by molar-refractivity contribution is -0.118. The summed E-state index contributed by atoms with van der Waals surface area (Å²) in [7, 11) is 1.63. The summed E-state index contributed by atoms with van der Waals surface area (Å²) >= 11 is 1.36. The van der Waals surface area contributed by atoms with Gasteiger partial charge >= 0.3 is 0 Å². The second kappa shape index (κ2) is 9.18. The van der Waals surface area contributed by atoms with Crippen molar-refractivity contribution in [2.75, 3.05) is 12.9 Å². The highest BCUT2D eigenvalue weighted by Gasteiger charge is 2.14. The largest absolute Gasteiger partial charge is 0.497 e. The summed E-state index contributed by atoms with van der Waals surface area (Å²) in [4.78, 5) is 16.9. The van der Waals surface area contributed by atoms with Gasteiger partial charge in [-0.1, -0.05) is 42.1 Å². The van der Waals surface area contributed by atoms with Crippen LogP contribution in [0.3, 0.4) is 0 Å². The van der Waals surface area contributed by atoms with E-state index in [9.17, 15) is 9.18 Å². The number of ether oxygens (including phenoxy) is 1. The number of benzene rings is 2. The van der Waals surface area contributed by atoms with Crippen molar-refractivity contribution in [2.45, 2.75) is 18.5 Å². The zero-order chi connectivity index (χ0) is 21.8. The van der Waals surface area contributed by atoms with Gasteiger partial charge in [0.2, 0.25) is 5.91 Å². The number of fused-ring (bicyclic) bond motifs is 1. The quantitative estimate of drug-likeness (QED) is 0.346. The minimum absolute atomic E-state index is 0.153. The average Bonchev–Trinajstić information content (AvgIpc) is 3.20. The van der Waals surface area contributed by atoms with E-state index in [0.717, 1.165) is 33.2 Å². The third-order valence-electron chi connectivity index (χ3n) is 4.75. The summed E-state index contributed by atoms with van der Waals surface area (Å²) in [5.74, 6) is 0.454. The Balaban J connectivity index is 1.49. The summed E-state index contributed by atoms with van der Waals surface area (Å²) < 4.78 is 20.7. The van der Waals surface area contributed by atoms with Crippen molar-refractivity contribution in [3.8, 4) is 16.9 Å². The standard InChI is InChI=1S/C23H21FN4O2S/c1-15-11-22(31-14-21(29)25-12-17-5-3-4-6-20(17)24)28-23(27-15)19(13-26-28)16-7-9-18(30-2)10-8-16/h3-11,13H,12,14H2,1-2H3,(H,25,29). The monoisotopic (exact) mass is 436 g/mol. The molecule has 1 amide bonds. The summed E-state index contributed by atoms with van der Waals surface area (Å²) in [5.41, 5.74) is 3.89. The molecule has 0 atom stereocenters. The van der Waals surface area contributed by atoms with E-state index in [1.54, 1.807) is 36.0 Å². The van der Waals surface area contributed by atoms with E-state index < -0.39 is 0 Å². The predicted molar refractivity (Wildman–Crippen MR) is 119 cm³/mol. The maximum Gasteiger partial charge on any atom is 0.230 e. The highest BCUT2D eigenvalue weighted by atomic mass is 32.2. The number of halogens is 1. The van der Waals surface area contributed by atoms with Crippen molar-refractivity contribution in [1.82, 2.24) is 19.9 Å². The molecular weight excluding hydrogens is 415 g/mol. The SMILES string of the molecule is COc1ccc(-c2cnn3c(SCC(=O)NCc4ccccc4F)cc(C)nc23)cc1. The number of carbonyl (C=O) groups excluding carboxylic acids is 1. The van der Waals surface area contributed by atoms with Crippen LogP contribution in [0.5, 0.6) is 5.75 Å². The van der Waals surface area contributed by atoms with Crippen molar-refractivity contribution >= 4 is 23.3 Å². The van der Waals surface area contributed by atoms with Gasteiger partial charge in [-0.3, -0.25) is 4.79 Å². The maximum absolute atomic E-state index is 13.7. The number of rotatable bonds is 7. The van der Waals surface area contributed by atoms with Crippen LogP contribution in [0.1, 0.15) is 11.3 Å². The molecule has 0 unspecified atom stereocenters. The average molecular weight is 437 g/mol. The van der Waals surface area contributed by atoms with Crippen LogP contribution < -0.4 is 10.1 Å². The molecule has 2 aromatic heterocycles. The number of carbonyl (C=O) groups is 1. The van der Waals surface area contributed by atoms with Crippen LogP contribution >= 0.6 is 11.8 Å². The van der Waals surface area contributed by atoms with Gasteiger partial charge in [0.05, 0.1) is 19.1 Å². The fourth-order valence-electron chi connectivity index (χ4n) is 3.15. The molecule has 6 nitrogen and oxygen atoms in total. The van der Waals surface area contributed by atoms with E-state index >= 15 is 0 Å². The third-order valence-corrected chi connectivity index (χ3v) is 5.75. The molecule has 0 spiro atoms. The van der Waals surface area contributed by atoms with Gasteiger partial charge in [-0.15, -0.1) is 0 Å². The second-order valence-electron chi connectivity index (χ2n) is 6.91. The van der Waals surface area contributed by atoms with Crippen molar-refractivity contribution in [3.63, 3.8) is 0 Å². The molecule has 0 radical (unpaired) electrons. The molecule has 158 valence electrons. The highest BCUT2D eigenvalue weighted by molar-refractivity contribution is 7.99. The summed E-state index contributed by atoms with van der Waals surface area (Å²) in [5, 5.41) is 8.05. The summed E-state index contributed by atoms with van der Waals surface area (Å²) in [6.07, 6.45) is 1.77. The first-order chi connectivity index (χ1) is 15.0. The Morgan fingerprint density at radius 1 is 1.19 bits per heavy atom. The van der Waals surface area contributed by atoms with Gasteiger partial charge in [-0.05, 0) is 36.8 Å². The van der Waals surface area contributed by atoms with Gasteiger partial charge in [0.25, 0.3) is 0 Å². The number of hydrogen-bond acceptors (Lipinski definition) is 5. The van der Waals surface area contributed by atoms with Gasteiger partial charge in [-0.25, -0.2) is 13.9 Å². The van der Waals surface area contributed by atoms with Crippen molar-refractivity contribution in [2.24, 2.45) is 0 Å². The lowest BCUT2D eigenvalue weighted by atomic mass is 10.1. The van der Waals surface area contributed by atoms with Crippen LogP contribution in [0.15, 0.2) is 65.8 Å². The molecule has 0 aliphatic heterocycles. The lowest BCUT2D eigenvalue weighted by Crippen LogP contribution is -2.25. The topological polar surface area (TPSA) is 68.5 Å². The molecular formula is C23H21FN4O2S. The Kier molecular flexibility index (Phi) is 6.18. The van der Waals surface area contributed by atoms with Crippen LogP contribution in [0.4, 0.5) is 4.39 Å². The van der Waals surface area contributed by atoms with Crippen molar-refractivity contribution < 1.29 is 13.9 Å². The van der Waals surface area contributed by atoms with Gasteiger partial charge in [0.15, 0.2) is 5.65 Å². The summed E-state index contributed by atoms with van der Waals surface area (Å²) in [6, 6.07) is 16.0. The first-order valence-electron chi connectivity index (χ1n) is 9.68. The normalized spacial score (nSPS) is 10.9.